The zero-order chi connectivity index (χ0) is 14.8. The molecule has 1 fully saturated rings. The highest BCUT2D eigenvalue weighted by molar-refractivity contribution is 6.34. The van der Waals surface area contributed by atoms with Crippen molar-refractivity contribution < 1.29 is 19.4 Å². The predicted octanol–water partition coefficient (Wildman–Crippen LogP) is 1.36. The van der Waals surface area contributed by atoms with Crippen molar-refractivity contribution in [2.24, 2.45) is 0 Å². The molecule has 1 aromatic rings. The lowest BCUT2D eigenvalue weighted by atomic mass is 10.0. The molecule has 0 saturated carbocycles. The van der Waals surface area contributed by atoms with Crippen LogP contribution in [0.1, 0.15) is 17.3 Å². The van der Waals surface area contributed by atoms with Crippen molar-refractivity contribution in [3.8, 4) is 0 Å². The summed E-state index contributed by atoms with van der Waals surface area (Å²) < 4.78 is 5.48. The molecule has 7 heteroatoms. The van der Waals surface area contributed by atoms with Gasteiger partial charge in [-0.1, -0.05) is 17.7 Å². The van der Waals surface area contributed by atoms with Gasteiger partial charge in [-0.2, -0.15) is 0 Å². The van der Waals surface area contributed by atoms with E-state index in [9.17, 15) is 9.59 Å². The molecule has 1 aromatic carbocycles. The van der Waals surface area contributed by atoms with E-state index in [1.54, 1.807) is 6.07 Å². The summed E-state index contributed by atoms with van der Waals surface area (Å²) in [4.78, 5) is 22.9. The van der Waals surface area contributed by atoms with Crippen LogP contribution in [-0.4, -0.2) is 42.3 Å². The fourth-order valence-corrected chi connectivity index (χ4v) is 2.11. The zero-order valence-electron chi connectivity index (χ0n) is 10.9. The van der Waals surface area contributed by atoms with Crippen molar-refractivity contribution in [2.75, 3.05) is 25.0 Å². The summed E-state index contributed by atoms with van der Waals surface area (Å²) in [5.74, 6) is -1.61. The van der Waals surface area contributed by atoms with Crippen molar-refractivity contribution in [3.05, 3.63) is 28.8 Å². The molecule has 0 atom stereocenters. The van der Waals surface area contributed by atoms with Crippen LogP contribution in [-0.2, 0) is 9.53 Å². The van der Waals surface area contributed by atoms with E-state index in [2.05, 4.69) is 10.6 Å². The van der Waals surface area contributed by atoms with E-state index in [-0.39, 0.29) is 28.5 Å². The average molecular weight is 299 g/mol. The molecule has 1 aliphatic rings. The number of anilines is 1. The number of carboxylic acids is 1. The Hall–Kier alpha value is -1.63. The smallest absolute Gasteiger partial charge is 0.339 e. The molecule has 6 nitrogen and oxygen atoms in total. The van der Waals surface area contributed by atoms with Crippen molar-refractivity contribution in [1.29, 1.82) is 0 Å². The third-order valence-electron chi connectivity index (χ3n) is 3.05. The number of ether oxygens (including phenoxy) is 1. The molecule has 0 bridgehead atoms. The van der Waals surface area contributed by atoms with Gasteiger partial charge in [0.05, 0.1) is 16.3 Å². The lowest BCUT2D eigenvalue weighted by Crippen LogP contribution is -2.59. The monoisotopic (exact) mass is 298 g/mol. The van der Waals surface area contributed by atoms with E-state index in [1.807, 2.05) is 6.92 Å². The number of carbonyl (C=O) groups excluding carboxylic acids is 1. The molecular weight excluding hydrogens is 284 g/mol. The zero-order valence-corrected chi connectivity index (χ0v) is 11.7. The van der Waals surface area contributed by atoms with Crippen LogP contribution in [0.3, 0.4) is 0 Å². The van der Waals surface area contributed by atoms with Crippen molar-refractivity contribution in [3.63, 3.8) is 0 Å². The molecular formula is C13H15ClN2O4. The fourth-order valence-electron chi connectivity index (χ4n) is 1.85. The lowest BCUT2D eigenvalue weighted by Gasteiger charge is -2.38. The Morgan fingerprint density at radius 1 is 1.50 bits per heavy atom. The van der Waals surface area contributed by atoms with Gasteiger partial charge < -0.3 is 20.5 Å². The number of nitrogens with one attached hydrogen (secondary N) is 2. The van der Waals surface area contributed by atoms with Crippen LogP contribution in [0.5, 0.6) is 0 Å². The third-order valence-corrected chi connectivity index (χ3v) is 3.37. The topological polar surface area (TPSA) is 87.7 Å². The molecule has 1 saturated heterocycles. The van der Waals surface area contributed by atoms with Crippen LogP contribution in [0.4, 0.5) is 5.69 Å². The maximum atomic E-state index is 11.8. The van der Waals surface area contributed by atoms with Gasteiger partial charge in [0.25, 0.3) is 0 Å². The highest BCUT2D eigenvalue weighted by Crippen LogP contribution is 2.24. The summed E-state index contributed by atoms with van der Waals surface area (Å²) in [6.45, 7) is 3.15. The third kappa shape index (κ3) is 3.27. The molecule has 1 heterocycles. The number of benzene rings is 1. The normalized spacial score (nSPS) is 16.3. The second-order valence-electron chi connectivity index (χ2n) is 4.86. The number of carboxylic acid groups (broad SMARTS) is 1. The van der Waals surface area contributed by atoms with Gasteiger partial charge in [0.15, 0.2) is 0 Å². The SMILES string of the molecule is CC1(OCC(=O)Nc2cccc(Cl)c2C(=O)O)CNC1. The number of amides is 1. The molecule has 0 spiro atoms. The standard InChI is InChI=1S/C13H15ClN2O4/c1-13(6-15-7-13)20-5-10(17)16-9-4-2-3-8(14)11(9)12(18)19/h2-4,15H,5-7H2,1H3,(H,16,17)(H,18,19). The van der Waals surface area contributed by atoms with E-state index < -0.39 is 11.9 Å². The summed E-state index contributed by atoms with van der Waals surface area (Å²) in [6.07, 6.45) is 0. The van der Waals surface area contributed by atoms with Crippen LogP contribution in [0.2, 0.25) is 5.02 Å². The first kappa shape index (κ1) is 14.8. The van der Waals surface area contributed by atoms with Crippen LogP contribution >= 0.6 is 11.6 Å². The first-order valence-electron chi connectivity index (χ1n) is 6.08. The van der Waals surface area contributed by atoms with E-state index >= 15 is 0 Å². The molecule has 0 radical (unpaired) electrons. The van der Waals surface area contributed by atoms with E-state index in [0.717, 1.165) is 0 Å². The van der Waals surface area contributed by atoms with Gasteiger partial charge in [-0.3, -0.25) is 4.79 Å². The van der Waals surface area contributed by atoms with E-state index in [1.165, 1.54) is 12.1 Å². The summed E-state index contributed by atoms with van der Waals surface area (Å²) in [6, 6.07) is 4.51. The number of carbonyl (C=O) groups is 2. The van der Waals surface area contributed by atoms with Crippen LogP contribution in [0, 0.1) is 0 Å². The summed E-state index contributed by atoms with van der Waals surface area (Å²) >= 11 is 5.82. The van der Waals surface area contributed by atoms with Crippen LogP contribution in [0.15, 0.2) is 18.2 Å². The molecule has 2 rings (SSSR count). The molecule has 20 heavy (non-hydrogen) atoms. The molecule has 108 valence electrons. The van der Waals surface area contributed by atoms with Crippen LogP contribution in [0.25, 0.3) is 0 Å². The largest absolute Gasteiger partial charge is 0.478 e. The molecule has 0 aliphatic carbocycles. The van der Waals surface area contributed by atoms with Crippen LogP contribution < -0.4 is 10.6 Å². The predicted molar refractivity (Wildman–Crippen MR) is 74.3 cm³/mol. The minimum atomic E-state index is -1.19. The Bertz CT molecular complexity index is 543. The minimum absolute atomic E-state index is 0.0753. The lowest BCUT2D eigenvalue weighted by molar-refractivity contribution is -0.130. The first-order chi connectivity index (χ1) is 9.41. The van der Waals surface area contributed by atoms with Crippen molar-refractivity contribution in [2.45, 2.75) is 12.5 Å². The Balaban J connectivity index is 2.00. The van der Waals surface area contributed by atoms with E-state index in [0.29, 0.717) is 13.1 Å². The number of aromatic carboxylic acids is 1. The summed E-state index contributed by atoms with van der Waals surface area (Å²) in [7, 11) is 0. The summed E-state index contributed by atoms with van der Waals surface area (Å²) in [5.41, 5.74) is -0.295. The Morgan fingerprint density at radius 2 is 2.20 bits per heavy atom. The molecule has 0 aromatic heterocycles. The van der Waals surface area contributed by atoms with Crippen molar-refractivity contribution >= 4 is 29.2 Å². The fraction of sp³-hybridized carbons (Fsp3) is 0.385. The first-order valence-corrected chi connectivity index (χ1v) is 6.45. The highest BCUT2D eigenvalue weighted by atomic mass is 35.5. The molecule has 3 N–H and O–H groups in total. The van der Waals surface area contributed by atoms with Gasteiger partial charge in [-0.15, -0.1) is 0 Å². The number of hydrogen-bond acceptors (Lipinski definition) is 4. The Labute approximate surface area is 121 Å². The van der Waals surface area contributed by atoms with Gasteiger partial charge in [0.1, 0.15) is 12.2 Å². The second-order valence-corrected chi connectivity index (χ2v) is 5.27. The van der Waals surface area contributed by atoms with Gasteiger partial charge in [0, 0.05) is 13.1 Å². The minimum Gasteiger partial charge on any atom is -0.478 e. The Kier molecular flexibility index (Phi) is 4.27. The maximum Gasteiger partial charge on any atom is 0.339 e. The van der Waals surface area contributed by atoms with Crippen molar-refractivity contribution in [1.82, 2.24) is 5.32 Å². The number of rotatable bonds is 5. The van der Waals surface area contributed by atoms with Gasteiger partial charge >= 0.3 is 5.97 Å². The second kappa shape index (κ2) is 5.78. The number of hydrogen-bond donors (Lipinski definition) is 3. The Morgan fingerprint density at radius 3 is 2.75 bits per heavy atom. The van der Waals surface area contributed by atoms with E-state index in [4.69, 9.17) is 21.4 Å². The van der Waals surface area contributed by atoms with Gasteiger partial charge in [0.2, 0.25) is 5.91 Å². The van der Waals surface area contributed by atoms with Gasteiger partial charge in [-0.25, -0.2) is 4.79 Å². The number of halogens is 1. The summed E-state index contributed by atoms with van der Waals surface area (Å²) in [5, 5.41) is 14.7. The maximum absolute atomic E-state index is 11.8. The quantitative estimate of drug-likeness (QED) is 0.764. The molecule has 0 unspecified atom stereocenters. The molecule has 1 aliphatic heterocycles. The molecule has 1 amide bonds. The van der Waals surface area contributed by atoms with Gasteiger partial charge in [-0.05, 0) is 19.1 Å². The average Bonchev–Trinajstić information content (AvgIpc) is 2.33. The highest BCUT2D eigenvalue weighted by Gasteiger charge is 2.33.